The highest BCUT2D eigenvalue weighted by molar-refractivity contribution is 5.99. The number of carbonyl (C=O) groups excluding carboxylic acids is 1. The van der Waals surface area contributed by atoms with E-state index in [-0.39, 0.29) is 47.0 Å². The lowest BCUT2D eigenvalue weighted by Crippen LogP contribution is -2.15. The Hall–Kier alpha value is -5.83. The van der Waals surface area contributed by atoms with Gasteiger partial charge in [0.2, 0.25) is 11.2 Å². The van der Waals surface area contributed by atoms with E-state index in [9.17, 15) is 14.7 Å². The van der Waals surface area contributed by atoms with Gasteiger partial charge in [-0.3, -0.25) is 4.79 Å². The van der Waals surface area contributed by atoms with E-state index >= 15 is 0 Å². The Balaban J connectivity index is 1.20. The maximum absolute atomic E-state index is 13.6. The molecule has 0 saturated carbocycles. The van der Waals surface area contributed by atoms with Crippen LogP contribution >= 0.6 is 0 Å². The lowest BCUT2D eigenvalue weighted by atomic mass is 10.0. The molecule has 9 nitrogen and oxygen atoms in total. The summed E-state index contributed by atoms with van der Waals surface area (Å²) in [6.07, 6.45) is 0. The maximum atomic E-state index is 13.6. The van der Waals surface area contributed by atoms with Gasteiger partial charge in [0.05, 0.1) is 30.5 Å². The van der Waals surface area contributed by atoms with Crippen molar-refractivity contribution in [3.8, 4) is 34.1 Å². The van der Waals surface area contributed by atoms with Crippen LogP contribution in [0.5, 0.6) is 23.0 Å². The lowest BCUT2D eigenvalue weighted by Gasteiger charge is -2.13. The Labute approximate surface area is 258 Å². The van der Waals surface area contributed by atoms with Crippen LogP contribution in [-0.4, -0.2) is 29.8 Å². The van der Waals surface area contributed by atoms with E-state index in [1.807, 2.05) is 60.7 Å². The summed E-state index contributed by atoms with van der Waals surface area (Å²) < 4.78 is 28.1. The van der Waals surface area contributed by atoms with Crippen molar-refractivity contribution >= 4 is 27.8 Å². The Morgan fingerprint density at radius 1 is 0.844 bits per heavy atom. The molecule has 0 aliphatic rings. The van der Waals surface area contributed by atoms with Crippen LogP contribution in [0.4, 0.5) is 0 Å². The fourth-order valence-corrected chi connectivity index (χ4v) is 4.91. The zero-order valence-electron chi connectivity index (χ0n) is 24.6. The van der Waals surface area contributed by atoms with E-state index < -0.39 is 11.4 Å². The number of benzene rings is 4. The number of phenols is 1. The molecular formula is C36H29NO8. The molecule has 45 heavy (non-hydrogen) atoms. The molecule has 2 heterocycles. The first-order valence-corrected chi connectivity index (χ1v) is 14.3. The van der Waals surface area contributed by atoms with Crippen molar-refractivity contribution in [3.63, 3.8) is 0 Å². The number of fused-ring (bicyclic) bond motifs is 2. The molecular weight excluding hydrogens is 574 g/mol. The average Bonchev–Trinajstić information content (AvgIpc) is 3.06. The number of aromatic hydroxyl groups is 1. The van der Waals surface area contributed by atoms with Crippen molar-refractivity contribution < 1.29 is 33.3 Å². The minimum absolute atomic E-state index is 0.0126. The van der Waals surface area contributed by atoms with E-state index in [1.165, 1.54) is 19.2 Å². The highest BCUT2D eigenvalue weighted by Crippen LogP contribution is 2.34. The summed E-state index contributed by atoms with van der Waals surface area (Å²) in [5, 5.41) is 11.9. The van der Waals surface area contributed by atoms with Crippen molar-refractivity contribution in [3.05, 3.63) is 124 Å². The quantitative estimate of drug-likeness (QED) is 0.164. The summed E-state index contributed by atoms with van der Waals surface area (Å²) in [6, 6.07) is 28.7. The molecule has 9 heteroatoms. The van der Waals surface area contributed by atoms with E-state index in [1.54, 1.807) is 31.2 Å². The first-order chi connectivity index (χ1) is 21.9. The lowest BCUT2D eigenvalue weighted by molar-refractivity contribution is 0.0492. The van der Waals surface area contributed by atoms with Gasteiger partial charge in [-0.25, -0.2) is 9.78 Å². The van der Waals surface area contributed by atoms with Crippen LogP contribution in [0.1, 0.15) is 28.7 Å². The summed E-state index contributed by atoms with van der Waals surface area (Å²) in [5.74, 6) is 0.0902. The van der Waals surface area contributed by atoms with E-state index in [0.717, 1.165) is 22.2 Å². The molecule has 2 aromatic heterocycles. The Kier molecular flexibility index (Phi) is 8.32. The fraction of sp³-hybridized carbons (Fsp3) is 0.139. The molecule has 0 fully saturated rings. The molecule has 0 unspecified atom stereocenters. The smallest absolute Gasteiger partial charge is 0.375 e. The molecule has 0 amide bonds. The third-order valence-electron chi connectivity index (χ3n) is 7.16. The number of esters is 1. The van der Waals surface area contributed by atoms with Crippen molar-refractivity contribution in [2.75, 3.05) is 13.7 Å². The number of para-hydroxylation sites is 1. The second kappa shape index (κ2) is 12.8. The standard InChI is InChI=1S/C36H29NO8/c1-3-42-36(40)35-32(24-11-16-26(41-2)17-12-24)34(39)33-30(38)18-28(19-31(33)45-35)43-20-22-8-14-27(15-9-22)44-21-25-13-10-23-6-4-5-7-29(23)37-25/h4-19,38H,3,20-21H2,1-2H3. The molecule has 6 aromatic rings. The topological polar surface area (TPSA) is 117 Å². The Bertz CT molecular complexity index is 2050. The Morgan fingerprint density at radius 3 is 2.33 bits per heavy atom. The number of carbonyl (C=O) groups is 1. The number of rotatable bonds is 10. The fourth-order valence-electron chi connectivity index (χ4n) is 4.91. The molecule has 0 aliphatic carbocycles. The molecule has 0 atom stereocenters. The second-order valence-electron chi connectivity index (χ2n) is 10.1. The monoisotopic (exact) mass is 603 g/mol. The van der Waals surface area contributed by atoms with Gasteiger partial charge in [0, 0.05) is 17.5 Å². The summed E-state index contributed by atoms with van der Waals surface area (Å²) in [5.41, 5.74) is 2.38. The van der Waals surface area contributed by atoms with E-state index in [0.29, 0.717) is 23.7 Å². The normalized spacial score (nSPS) is 11.0. The molecule has 1 N–H and O–H groups in total. The molecule has 0 bridgehead atoms. The van der Waals surface area contributed by atoms with Crippen LogP contribution in [0.25, 0.3) is 33.0 Å². The molecule has 4 aromatic carbocycles. The van der Waals surface area contributed by atoms with E-state index in [4.69, 9.17) is 23.4 Å². The van der Waals surface area contributed by atoms with Crippen LogP contribution < -0.4 is 19.6 Å². The summed E-state index contributed by atoms with van der Waals surface area (Å²) in [7, 11) is 1.52. The van der Waals surface area contributed by atoms with Crippen molar-refractivity contribution in [2.24, 2.45) is 0 Å². The van der Waals surface area contributed by atoms with Gasteiger partial charge in [-0.05, 0) is 54.4 Å². The minimum Gasteiger partial charge on any atom is -0.507 e. The minimum atomic E-state index is -0.799. The number of methoxy groups -OCH3 is 1. The first kappa shape index (κ1) is 29.3. The predicted molar refractivity (Wildman–Crippen MR) is 169 cm³/mol. The molecule has 0 spiro atoms. The maximum Gasteiger partial charge on any atom is 0.375 e. The van der Waals surface area contributed by atoms with Crippen LogP contribution in [0.2, 0.25) is 0 Å². The number of hydrogen-bond acceptors (Lipinski definition) is 9. The van der Waals surface area contributed by atoms with Gasteiger partial charge in [0.1, 0.15) is 47.2 Å². The van der Waals surface area contributed by atoms with Crippen LogP contribution in [-0.2, 0) is 18.0 Å². The molecule has 6 rings (SSSR count). The van der Waals surface area contributed by atoms with Crippen molar-refractivity contribution in [2.45, 2.75) is 20.1 Å². The third kappa shape index (κ3) is 6.28. The number of aromatic nitrogens is 1. The van der Waals surface area contributed by atoms with Crippen molar-refractivity contribution in [1.29, 1.82) is 0 Å². The molecule has 0 aliphatic heterocycles. The summed E-state index contributed by atoms with van der Waals surface area (Å²) >= 11 is 0. The third-order valence-corrected chi connectivity index (χ3v) is 7.16. The summed E-state index contributed by atoms with van der Waals surface area (Å²) in [4.78, 5) is 31.1. The SMILES string of the molecule is CCOC(=O)c1oc2cc(OCc3ccc(OCc4ccc5ccccc5n4)cc3)cc(O)c2c(=O)c1-c1ccc(OC)cc1. The van der Waals surface area contributed by atoms with E-state index in [2.05, 4.69) is 4.98 Å². The molecule has 226 valence electrons. The van der Waals surface area contributed by atoms with Gasteiger partial charge in [-0.15, -0.1) is 0 Å². The largest absolute Gasteiger partial charge is 0.507 e. The number of nitrogens with zero attached hydrogens (tertiary/aromatic N) is 1. The predicted octanol–water partition coefficient (Wildman–Crippen LogP) is 7.06. The number of phenolic OH excluding ortho intramolecular Hbond substituents is 1. The van der Waals surface area contributed by atoms with Gasteiger partial charge >= 0.3 is 5.97 Å². The Morgan fingerprint density at radius 2 is 1.58 bits per heavy atom. The number of pyridine rings is 1. The highest BCUT2D eigenvalue weighted by atomic mass is 16.5. The zero-order chi connectivity index (χ0) is 31.3. The van der Waals surface area contributed by atoms with Gasteiger partial charge in [-0.1, -0.05) is 48.5 Å². The van der Waals surface area contributed by atoms with Crippen LogP contribution in [0, 0.1) is 0 Å². The number of ether oxygens (including phenoxy) is 4. The van der Waals surface area contributed by atoms with Gasteiger partial charge in [0.25, 0.3) is 0 Å². The van der Waals surface area contributed by atoms with Gasteiger partial charge in [-0.2, -0.15) is 0 Å². The second-order valence-corrected chi connectivity index (χ2v) is 10.1. The highest BCUT2D eigenvalue weighted by Gasteiger charge is 2.25. The number of hydrogen-bond donors (Lipinski definition) is 1. The zero-order valence-corrected chi connectivity index (χ0v) is 24.6. The van der Waals surface area contributed by atoms with Crippen molar-refractivity contribution in [1.82, 2.24) is 4.98 Å². The van der Waals surface area contributed by atoms with Crippen LogP contribution in [0.15, 0.2) is 106 Å². The molecule has 0 radical (unpaired) electrons. The summed E-state index contributed by atoms with van der Waals surface area (Å²) in [6.45, 7) is 2.23. The van der Waals surface area contributed by atoms with Gasteiger partial charge < -0.3 is 28.5 Å². The van der Waals surface area contributed by atoms with Gasteiger partial charge in [0.15, 0.2) is 0 Å². The first-order valence-electron chi connectivity index (χ1n) is 14.3. The molecule has 0 saturated heterocycles. The van der Waals surface area contributed by atoms with Crippen LogP contribution in [0.3, 0.4) is 0 Å². The average molecular weight is 604 g/mol.